The third-order valence-corrected chi connectivity index (χ3v) is 4.42. The zero-order valence-electron chi connectivity index (χ0n) is 11.1. The van der Waals surface area contributed by atoms with Crippen LogP contribution in [-0.2, 0) is 10.0 Å². The molecular weight excluding hydrogens is 279 g/mol. The zero-order chi connectivity index (χ0) is 14.9. The minimum absolute atomic E-state index is 0.0878. The average Bonchev–Trinajstić information content (AvgIpc) is 2.37. The van der Waals surface area contributed by atoms with Gasteiger partial charge in [0, 0.05) is 5.69 Å². The number of nitrogens with one attached hydrogen (secondary N) is 1. The molecule has 0 saturated heterocycles. The number of nitrogens with two attached hydrogens (primary N) is 1. The second-order valence-corrected chi connectivity index (χ2v) is 6.27. The molecule has 0 saturated carbocycles. The molecule has 0 fully saturated rings. The van der Waals surface area contributed by atoms with Crippen LogP contribution in [0.2, 0.25) is 0 Å². The standard InChI is InChI=1S/C14H15FN2O2S/c1-9-3-4-11(7-10(9)2)17-20(18,19)12-5-6-14(16)13(15)8-12/h3-8,17H,16H2,1-2H3. The van der Waals surface area contributed by atoms with E-state index in [1.165, 1.54) is 12.1 Å². The van der Waals surface area contributed by atoms with E-state index in [2.05, 4.69) is 4.72 Å². The van der Waals surface area contributed by atoms with Crippen LogP contribution in [0.25, 0.3) is 0 Å². The van der Waals surface area contributed by atoms with E-state index in [-0.39, 0.29) is 10.6 Å². The van der Waals surface area contributed by atoms with Crippen molar-refractivity contribution in [3.8, 4) is 0 Å². The molecule has 2 aromatic carbocycles. The lowest BCUT2D eigenvalue weighted by Gasteiger charge is -2.10. The van der Waals surface area contributed by atoms with Crippen molar-refractivity contribution in [1.29, 1.82) is 0 Å². The molecule has 0 spiro atoms. The Balaban J connectivity index is 2.35. The number of hydrogen-bond donors (Lipinski definition) is 2. The van der Waals surface area contributed by atoms with Gasteiger partial charge in [0.1, 0.15) is 5.82 Å². The molecular formula is C14H15FN2O2S. The molecule has 2 aromatic rings. The van der Waals surface area contributed by atoms with Crippen LogP contribution in [-0.4, -0.2) is 8.42 Å². The Labute approximate surface area is 117 Å². The Bertz CT molecular complexity index is 758. The van der Waals surface area contributed by atoms with Gasteiger partial charge in [-0.2, -0.15) is 0 Å². The summed E-state index contributed by atoms with van der Waals surface area (Å²) in [4.78, 5) is -0.164. The maximum absolute atomic E-state index is 13.3. The maximum atomic E-state index is 13.3. The van der Waals surface area contributed by atoms with Crippen LogP contribution in [0.15, 0.2) is 41.3 Å². The van der Waals surface area contributed by atoms with Gasteiger partial charge in [0.2, 0.25) is 0 Å². The van der Waals surface area contributed by atoms with Crippen LogP contribution >= 0.6 is 0 Å². The minimum atomic E-state index is -3.83. The summed E-state index contributed by atoms with van der Waals surface area (Å²) in [6, 6.07) is 8.59. The van der Waals surface area contributed by atoms with Crippen LogP contribution < -0.4 is 10.5 Å². The van der Waals surface area contributed by atoms with Crippen molar-refractivity contribution in [2.75, 3.05) is 10.5 Å². The van der Waals surface area contributed by atoms with Crippen molar-refractivity contribution < 1.29 is 12.8 Å². The highest BCUT2D eigenvalue weighted by atomic mass is 32.2. The quantitative estimate of drug-likeness (QED) is 0.855. The van der Waals surface area contributed by atoms with Gasteiger partial charge in [-0.3, -0.25) is 4.72 Å². The Morgan fingerprint density at radius 1 is 1.05 bits per heavy atom. The first-order chi connectivity index (χ1) is 9.29. The van der Waals surface area contributed by atoms with Gasteiger partial charge in [-0.1, -0.05) is 6.07 Å². The van der Waals surface area contributed by atoms with Gasteiger partial charge in [-0.05, 0) is 55.3 Å². The lowest BCUT2D eigenvalue weighted by atomic mass is 10.1. The highest BCUT2D eigenvalue weighted by Gasteiger charge is 2.16. The van der Waals surface area contributed by atoms with Gasteiger partial charge in [-0.15, -0.1) is 0 Å². The minimum Gasteiger partial charge on any atom is -0.396 e. The summed E-state index contributed by atoms with van der Waals surface area (Å²) in [5.74, 6) is -0.757. The van der Waals surface area contributed by atoms with E-state index in [9.17, 15) is 12.8 Å². The van der Waals surface area contributed by atoms with E-state index in [1.807, 2.05) is 19.9 Å². The lowest BCUT2D eigenvalue weighted by Crippen LogP contribution is -2.13. The third-order valence-electron chi connectivity index (χ3n) is 3.04. The van der Waals surface area contributed by atoms with Crippen molar-refractivity contribution in [1.82, 2.24) is 0 Å². The summed E-state index contributed by atoms with van der Waals surface area (Å²) in [5, 5.41) is 0. The molecule has 0 amide bonds. The molecule has 20 heavy (non-hydrogen) atoms. The molecule has 0 radical (unpaired) electrons. The molecule has 2 rings (SSSR count). The van der Waals surface area contributed by atoms with E-state index >= 15 is 0 Å². The van der Waals surface area contributed by atoms with Crippen molar-refractivity contribution in [3.05, 3.63) is 53.3 Å². The molecule has 0 aliphatic rings. The van der Waals surface area contributed by atoms with Gasteiger partial charge in [0.25, 0.3) is 10.0 Å². The molecule has 0 aromatic heterocycles. The summed E-state index contributed by atoms with van der Waals surface area (Å²) in [5.41, 5.74) is 7.71. The third kappa shape index (κ3) is 2.91. The first-order valence-corrected chi connectivity index (χ1v) is 7.43. The molecule has 0 aliphatic carbocycles. The smallest absolute Gasteiger partial charge is 0.261 e. The van der Waals surface area contributed by atoms with E-state index < -0.39 is 15.8 Å². The van der Waals surface area contributed by atoms with Crippen LogP contribution in [0, 0.1) is 19.7 Å². The topological polar surface area (TPSA) is 72.2 Å². The Morgan fingerprint density at radius 2 is 1.75 bits per heavy atom. The second kappa shape index (κ2) is 5.13. The zero-order valence-corrected chi connectivity index (χ0v) is 12.0. The van der Waals surface area contributed by atoms with Crippen molar-refractivity contribution in [3.63, 3.8) is 0 Å². The van der Waals surface area contributed by atoms with Gasteiger partial charge >= 0.3 is 0 Å². The number of sulfonamides is 1. The molecule has 0 atom stereocenters. The number of hydrogen-bond acceptors (Lipinski definition) is 3. The lowest BCUT2D eigenvalue weighted by molar-refractivity contribution is 0.596. The molecule has 0 bridgehead atoms. The summed E-state index contributed by atoms with van der Waals surface area (Å²) in [7, 11) is -3.83. The Kier molecular flexibility index (Phi) is 3.67. The van der Waals surface area contributed by atoms with E-state index in [4.69, 9.17) is 5.73 Å². The number of anilines is 2. The van der Waals surface area contributed by atoms with Gasteiger partial charge in [-0.25, -0.2) is 12.8 Å². The molecule has 0 unspecified atom stereocenters. The normalized spacial score (nSPS) is 11.3. The molecule has 6 heteroatoms. The first-order valence-electron chi connectivity index (χ1n) is 5.95. The van der Waals surface area contributed by atoms with Gasteiger partial charge in [0.15, 0.2) is 0 Å². The number of nitrogen functional groups attached to an aromatic ring is 1. The molecule has 4 nitrogen and oxygen atoms in total. The molecule has 106 valence electrons. The first kappa shape index (κ1) is 14.3. The van der Waals surface area contributed by atoms with E-state index in [0.717, 1.165) is 17.2 Å². The number of halogens is 1. The van der Waals surface area contributed by atoms with Crippen molar-refractivity contribution in [2.24, 2.45) is 0 Å². The molecule has 0 aliphatic heterocycles. The van der Waals surface area contributed by atoms with Crippen LogP contribution in [0.4, 0.5) is 15.8 Å². The van der Waals surface area contributed by atoms with Crippen LogP contribution in [0.3, 0.4) is 0 Å². The highest BCUT2D eigenvalue weighted by molar-refractivity contribution is 7.92. The van der Waals surface area contributed by atoms with Gasteiger partial charge in [0.05, 0.1) is 10.6 Å². The molecule has 3 N–H and O–H groups in total. The second-order valence-electron chi connectivity index (χ2n) is 4.59. The fourth-order valence-electron chi connectivity index (χ4n) is 1.69. The number of benzene rings is 2. The molecule has 0 heterocycles. The number of aryl methyl sites for hydroxylation is 2. The Hall–Kier alpha value is -2.08. The average molecular weight is 294 g/mol. The fraction of sp³-hybridized carbons (Fsp3) is 0.143. The fourth-order valence-corrected chi connectivity index (χ4v) is 2.75. The maximum Gasteiger partial charge on any atom is 0.261 e. The summed E-state index contributed by atoms with van der Waals surface area (Å²) in [6.45, 7) is 3.82. The van der Waals surface area contributed by atoms with Crippen molar-refractivity contribution >= 4 is 21.4 Å². The highest BCUT2D eigenvalue weighted by Crippen LogP contribution is 2.21. The summed E-state index contributed by atoms with van der Waals surface area (Å²) >= 11 is 0. The van der Waals surface area contributed by atoms with Gasteiger partial charge < -0.3 is 5.73 Å². The monoisotopic (exact) mass is 294 g/mol. The predicted molar refractivity (Wildman–Crippen MR) is 77.5 cm³/mol. The predicted octanol–water partition coefficient (Wildman–Crippen LogP) is 2.83. The SMILES string of the molecule is Cc1ccc(NS(=O)(=O)c2ccc(N)c(F)c2)cc1C. The van der Waals surface area contributed by atoms with Crippen LogP contribution in [0.5, 0.6) is 0 Å². The van der Waals surface area contributed by atoms with E-state index in [0.29, 0.717) is 5.69 Å². The Morgan fingerprint density at radius 3 is 2.35 bits per heavy atom. The van der Waals surface area contributed by atoms with Crippen molar-refractivity contribution in [2.45, 2.75) is 18.7 Å². The summed E-state index contributed by atoms with van der Waals surface area (Å²) in [6.07, 6.45) is 0. The van der Waals surface area contributed by atoms with Crippen LogP contribution in [0.1, 0.15) is 11.1 Å². The van der Waals surface area contributed by atoms with E-state index in [1.54, 1.807) is 12.1 Å². The number of rotatable bonds is 3. The largest absolute Gasteiger partial charge is 0.396 e. The summed E-state index contributed by atoms with van der Waals surface area (Å²) < 4.78 is 40.0.